The minimum Gasteiger partial charge on any atom is -0.263 e. The first-order valence-electron chi connectivity index (χ1n) is 11.2. The van der Waals surface area contributed by atoms with Crippen LogP contribution in [0, 0.1) is 0 Å². The van der Waals surface area contributed by atoms with Crippen molar-refractivity contribution in [2.75, 3.05) is 9.80 Å². The van der Waals surface area contributed by atoms with Gasteiger partial charge in [-0.25, -0.2) is 4.79 Å². The molecule has 0 unspecified atom stereocenters. The number of rotatable bonds is 2. The topological polar surface area (TPSA) is 23.6 Å². The zero-order valence-electron chi connectivity index (χ0n) is 17.8. The highest BCUT2D eigenvalue weighted by Crippen LogP contribution is 2.46. The van der Waals surface area contributed by atoms with Crippen LogP contribution in [0.5, 0.6) is 0 Å². The lowest BCUT2D eigenvalue weighted by Gasteiger charge is -2.43. The normalized spacial score (nSPS) is 13.9. The van der Waals surface area contributed by atoms with Crippen molar-refractivity contribution in [3.05, 3.63) is 115 Å². The molecule has 7 rings (SSSR count). The van der Waals surface area contributed by atoms with Gasteiger partial charge >= 0.3 is 6.03 Å². The fourth-order valence-corrected chi connectivity index (χ4v) is 5.47. The lowest BCUT2D eigenvalue weighted by Crippen LogP contribution is -2.60. The van der Waals surface area contributed by atoms with Crippen LogP contribution in [0.2, 0.25) is 0 Å². The standard InChI is InChI=1S/C29H19BN2O/c33-29-31(22-13-5-2-6-14-22)26-17-9-10-20-18-19-24-28(27(20)26)32(29)25-16-8-7-15-23(25)30(24)21-11-3-1-4-12-21/h1-19H. The van der Waals surface area contributed by atoms with E-state index in [1.807, 2.05) is 58.3 Å². The number of urea groups is 1. The van der Waals surface area contributed by atoms with Crippen LogP contribution in [0.25, 0.3) is 10.8 Å². The average molecular weight is 422 g/mol. The molecule has 0 radical (unpaired) electrons. The maximum absolute atomic E-state index is 14.2. The van der Waals surface area contributed by atoms with E-state index < -0.39 is 0 Å². The molecule has 0 bridgehead atoms. The highest BCUT2D eigenvalue weighted by molar-refractivity contribution is 6.98. The number of benzene rings is 5. The van der Waals surface area contributed by atoms with Crippen LogP contribution < -0.4 is 26.2 Å². The quantitative estimate of drug-likeness (QED) is 0.364. The van der Waals surface area contributed by atoms with Crippen LogP contribution in [0.4, 0.5) is 27.5 Å². The minimum absolute atomic E-state index is 0.0485. The van der Waals surface area contributed by atoms with E-state index in [4.69, 9.17) is 0 Å². The molecule has 0 spiro atoms. The van der Waals surface area contributed by atoms with E-state index in [2.05, 4.69) is 66.7 Å². The van der Waals surface area contributed by atoms with Crippen LogP contribution in [-0.4, -0.2) is 12.7 Å². The molecule has 4 heteroatoms. The first-order chi connectivity index (χ1) is 16.3. The van der Waals surface area contributed by atoms with Crippen molar-refractivity contribution >= 4 is 62.7 Å². The predicted molar refractivity (Wildman–Crippen MR) is 138 cm³/mol. The van der Waals surface area contributed by atoms with Crippen LogP contribution in [0.3, 0.4) is 0 Å². The van der Waals surface area contributed by atoms with Crippen molar-refractivity contribution in [3.63, 3.8) is 0 Å². The van der Waals surface area contributed by atoms with Gasteiger partial charge in [0, 0.05) is 11.1 Å². The van der Waals surface area contributed by atoms with Gasteiger partial charge in [-0.05, 0) is 40.6 Å². The van der Waals surface area contributed by atoms with Gasteiger partial charge in [0.2, 0.25) is 6.71 Å². The summed E-state index contributed by atoms with van der Waals surface area (Å²) in [5.41, 5.74) is 7.31. The van der Waals surface area contributed by atoms with Crippen molar-refractivity contribution in [2.45, 2.75) is 0 Å². The van der Waals surface area contributed by atoms with Gasteiger partial charge in [0.1, 0.15) is 0 Å². The van der Waals surface area contributed by atoms with Crippen molar-refractivity contribution in [3.8, 4) is 0 Å². The predicted octanol–water partition coefficient (Wildman–Crippen LogP) is 5.08. The van der Waals surface area contributed by atoms with Gasteiger partial charge in [-0.15, -0.1) is 0 Å². The molecular formula is C29H19BN2O. The summed E-state index contributed by atoms with van der Waals surface area (Å²) in [7, 11) is 0. The number of amides is 2. The van der Waals surface area contributed by atoms with E-state index in [9.17, 15) is 4.79 Å². The fourth-order valence-electron chi connectivity index (χ4n) is 5.47. The molecule has 0 aliphatic carbocycles. The van der Waals surface area contributed by atoms with Crippen LogP contribution in [-0.2, 0) is 0 Å². The van der Waals surface area contributed by atoms with Crippen molar-refractivity contribution in [1.29, 1.82) is 0 Å². The largest absolute Gasteiger partial charge is 0.338 e. The number of nitrogens with zero attached hydrogens (tertiary/aromatic N) is 2. The highest BCUT2D eigenvalue weighted by atomic mass is 16.2. The van der Waals surface area contributed by atoms with Crippen molar-refractivity contribution < 1.29 is 4.79 Å². The van der Waals surface area contributed by atoms with Gasteiger partial charge < -0.3 is 0 Å². The Bertz CT molecular complexity index is 1550. The molecule has 2 aliphatic heterocycles. The molecule has 0 fully saturated rings. The van der Waals surface area contributed by atoms with E-state index in [-0.39, 0.29) is 12.7 Å². The summed E-state index contributed by atoms with van der Waals surface area (Å²) in [5.74, 6) is 0. The zero-order chi connectivity index (χ0) is 21.9. The zero-order valence-corrected chi connectivity index (χ0v) is 17.8. The molecule has 2 heterocycles. The maximum Gasteiger partial charge on any atom is 0.338 e. The summed E-state index contributed by atoms with van der Waals surface area (Å²) < 4.78 is 0. The van der Waals surface area contributed by atoms with Gasteiger partial charge in [-0.1, -0.05) is 96.5 Å². The van der Waals surface area contributed by atoms with Crippen LogP contribution in [0.15, 0.2) is 115 Å². The number of carbonyl (C=O) groups excluding carboxylic acids is 1. The molecule has 0 saturated carbocycles. The Hall–Kier alpha value is -4.31. The molecule has 0 atom stereocenters. The van der Waals surface area contributed by atoms with Gasteiger partial charge in [-0.3, -0.25) is 9.80 Å². The Kier molecular flexibility index (Phi) is 3.79. The Labute approximate surface area is 192 Å². The molecule has 5 aromatic rings. The Morgan fingerprint density at radius 1 is 0.545 bits per heavy atom. The van der Waals surface area contributed by atoms with Gasteiger partial charge in [-0.2, -0.15) is 0 Å². The molecule has 33 heavy (non-hydrogen) atoms. The number of carbonyl (C=O) groups is 1. The third kappa shape index (κ3) is 2.49. The molecule has 2 aliphatic rings. The van der Waals surface area contributed by atoms with Crippen LogP contribution >= 0.6 is 0 Å². The SMILES string of the molecule is O=C1N(c2ccccc2)c2cccc3ccc4c(c23)N1c1ccccc1B4c1ccccc1. The second-order valence-electron chi connectivity index (χ2n) is 8.57. The summed E-state index contributed by atoms with van der Waals surface area (Å²) in [4.78, 5) is 18.0. The number of hydrogen-bond donors (Lipinski definition) is 0. The Morgan fingerprint density at radius 2 is 1.24 bits per heavy atom. The molecular weight excluding hydrogens is 403 g/mol. The molecule has 3 nitrogen and oxygen atoms in total. The average Bonchev–Trinajstić information content (AvgIpc) is 2.88. The first kappa shape index (κ1) is 18.3. The van der Waals surface area contributed by atoms with Gasteiger partial charge in [0.15, 0.2) is 0 Å². The highest BCUT2D eigenvalue weighted by Gasteiger charge is 2.43. The van der Waals surface area contributed by atoms with Gasteiger partial charge in [0.25, 0.3) is 0 Å². The molecule has 0 saturated heterocycles. The monoisotopic (exact) mass is 422 g/mol. The third-order valence-electron chi connectivity index (χ3n) is 6.82. The Morgan fingerprint density at radius 3 is 2.06 bits per heavy atom. The van der Waals surface area contributed by atoms with E-state index in [0.717, 1.165) is 39.0 Å². The van der Waals surface area contributed by atoms with E-state index in [1.54, 1.807) is 0 Å². The number of hydrogen-bond acceptors (Lipinski definition) is 1. The van der Waals surface area contributed by atoms with Crippen molar-refractivity contribution in [2.24, 2.45) is 0 Å². The fraction of sp³-hybridized carbons (Fsp3) is 0. The van der Waals surface area contributed by atoms with E-state index >= 15 is 0 Å². The molecule has 0 aromatic heterocycles. The third-order valence-corrected chi connectivity index (χ3v) is 6.82. The number of para-hydroxylation sites is 2. The Balaban J connectivity index is 1.61. The summed E-state index contributed by atoms with van der Waals surface area (Å²) in [5, 5.41) is 2.25. The lowest BCUT2D eigenvalue weighted by atomic mass is 9.35. The molecule has 5 aromatic carbocycles. The second kappa shape index (κ2) is 6.85. The van der Waals surface area contributed by atoms with Crippen molar-refractivity contribution in [1.82, 2.24) is 0 Å². The number of fused-ring (bicyclic) bond motifs is 2. The van der Waals surface area contributed by atoms with E-state index in [0.29, 0.717) is 0 Å². The molecule has 2 amide bonds. The lowest BCUT2D eigenvalue weighted by molar-refractivity contribution is 0.255. The second-order valence-corrected chi connectivity index (χ2v) is 8.57. The van der Waals surface area contributed by atoms with Gasteiger partial charge in [0.05, 0.1) is 17.1 Å². The minimum atomic E-state index is -0.0485. The molecule has 154 valence electrons. The summed E-state index contributed by atoms with van der Waals surface area (Å²) in [6.45, 7) is 0.0715. The maximum atomic E-state index is 14.2. The first-order valence-corrected chi connectivity index (χ1v) is 11.2. The van der Waals surface area contributed by atoms with E-state index in [1.165, 1.54) is 10.9 Å². The smallest absolute Gasteiger partial charge is 0.263 e. The number of anilines is 4. The summed E-state index contributed by atoms with van der Waals surface area (Å²) >= 11 is 0. The molecule has 0 N–H and O–H groups in total. The van der Waals surface area contributed by atoms with Crippen LogP contribution in [0.1, 0.15) is 0 Å². The summed E-state index contributed by atoms with van der Waals surface area (Å²) in [6, 6.07) is 39.4. The summed E-state index contributed by atoms with van der Waals surface area (Å²) in [6.07, 6.45) is 0.